The van der Waals surface area contributed by atoms with E-state index in [0.717, 1.165) is 31.2 Å². The molecule has 146 valence electrons. The van der Waals surface area contributed by atoms with Gasteiger partial charge < -0.3 is 15.4 Å². The number of alkyl halides is 2. The van der Waals surface area contributed by atoms with Crippen LogP contribution in [0.3, 0.4) is 0 Å². The summed E-state index contributed by atoms with van der Waals surface area (Å²) in [5.74, 6) is 1.29. The minimum absolute atomic E-state index is 0. The predicted octanol–water partition coefficient (Wildman–Crippen LogP) is 3.82. The maximum atomic E-state index is 12.8. The van der Waals surface area contributed by atoms with Crippen LogP contribution >= 0.6 is 12.4 Å². The summed E-state index contributed by atoms with van der Waals surface area (Å²) in [6.07, 6.45) is 5.28. The second-order valence-electron chi connectivity index (χ2n) is 7.41. The molecule has 2 aliphatic carbocycles. The fraction of sp³-hybridized carbons (Fsp3) is 0.632. The van der Waals surface area contributed by atoms with Gasteiger partial charge in [0.05, 0.1) is 0 Å². The van der Waals surface area contributed by atoms with Gasteiger partial charge in [-0.1, -0.05) is 18.6 Å². The number of rotatable bonds is 5. The zero-order valence-electron chi connectivity index (χ0n) is 14.9. The van der Waals surface area contributed by atoms with Crippen LogP contribution in [0.4, 0.5) is 8.78 Å². The minimum atomic E-state index is -2.83. The smallest absolute Gasteiger partial charge is 0.387 e. The highest BCUT2D eigenvalue weighted by atomic mass is 35.5. The predicted molar refractivity (Wildman–Crippen MR) is 98.3 cm³/mol. The number of hydrogen-bond acceptors (Lipinski definition) is 3. The molecule has 2 saturated carbocycles. The molecule has 0 aromatic heterocycles. The van der Waals surface area contributed by atoms with E-state index in [1.54, 1.807) is 24.1 Å². The fourth-order valence-electron chi connectivity index (χ4n) is 4.43. The lowest BCUT2D eigenvalue weighted by Crippen LogP contribution is -2.49. The number of carbonyl (C=O) groups is 1. The average Bonchev–Trinajstić information content (AvgIpc) is 2.55. The van der Waals surface area contributed by atoms with Crippen LogP contribution in [0.5, 0.6) is 5.75 Å². The first kappa shape index (κ1) is 20.9. The molecule has 26 heavy (non-hydrogen) atoms. The standard InChI is InChI=1S/C19H26F2N2O2.ClH/c1-23(11-12-5-7-16(8-6-12)25-19(20)21)18(24)15-9-13-3-2-4-14(10-15)17(13)22;/h5-8,13-15,17,19H,2-4,9-11,22H2,1H3;1H. The quantitative estimate of drug-likeness (QED) is 0.834. The van der Waals surface area contributed by atoms with Gasteiger partial charge in [0, 0.05) is 25.6 Å². The van der Waals surface area contributed by atoms with Gasteiger partial charge in [-0.3, -0.25) is 4.79 Å². The first-order chi connectivity index (χ1) is 11.9. The van der Waals surface area contributed by atoms with Gasteiger partial charge in [0.15, 0.2) is 0 Å². The number of nitrogens with two attached hydrogens (primary N) is 1. The van der Waals surface area contributed by atoms with Crippen molar-refractivity contribution >= 4 is 18.3 Å². The Balaban J connectivity index is 0.00000243. The Hall–Kier alpha value is -1.40. The summed E-state index contributed by atoms with van der Waals surface area (Å²) in [7, 11) is 1.80. The van der Waals surface area contributed by atoms with Crippen molar-refractivity contribution in [3.05, 3.63) is 29.8 Å². The number of amides is 1. The molecule has 2 N–H and O–H groups in total. The van der Waals surface area contributed by atoms with E-state index in [2.05, 4.69) is 4.74 Å². The van der Waals surface area contributed by atoms with Crippen LogP contribution in [-0.2, 0) is 11.3 Å². The van der Waals surface area contributed by atoms with Crippen LogP contribution in [0.15, 0.2) is 24.3 Å². The molecule has 4 nitrogen and oxygen atoms in total. The second-order valence-corrected chi connectivity index (χ2v) is 7.41. The van der Waals surface area contributed by atoms with E-state index >= 15 is 0 Å². The van der Waals surface area contributed by atoms with Crippen molar-refractivity contribution in [2.45, 2.75) is 51.3 Å². The third-order valence-electron chi connectivity index (χ3n) is 5.71. The molecule has 2 aliphatic rings. The van der Waals surface area contributed by atoms with Gasteiger partial charge in [0.1, 0.15) is 5.75 Å². The van der Waals surface area contributed by atoms with Crippen molar-refractivity contribution in [2.75, 3.05) is 7.05 Å². The van der Waals surface area contributed by atoms with Gasteiger partial charge in [0.2, 0.25) is 5.91 Å². The van der Waals surface area contributed by atoms with Crippen LogP contribution in [-0.4, -0.2) is 30.5 Å². The van der Waals surface area contributed by atoms with Crippen LogP contribution in [0, 0.1) is 17.8 Å². The first-order valence-corrected chi connectivity index (χ1v) is 8.98. The highest BCUT2D eigenvalue weighted by Crippen LogP contribution is 2.42. The van der Waals surface area contributed by atoms with E-state index in [1.807, 2.05) is 0 Å². The third kappa shape index (κ3) is 4.86. The zero-order chi connectivity index (χ0) is 18.0. The van der Waals surface area contributed by atoms with E-state index in [-0.39, 0.29) is 36.0 Å². The van der Waals surface area contributed by atoms with Crippen molar-refractivity contribution in [3.63, 3.8) is 0 Å². The molecule has 7 heteroatoms. The molecular formula is C19H27ClF2N2O2. The Kier molecular flexibility index (Phi) is 7.24. The second kappa shape index (κ2) is 9.00. The summed E-state index contributed by atoms with van der Waals surface area (Å²) in [5, 5.41) is 0. The molecule has 0 radical (unpaired) electrons. The van der Waals surface area contributed by atoms with Crippen LogP contribution in [0.1, 0.15) is 37.7 Å². The Labute approximate surface area is 159 Å². The summed E-state index contributed by atoms with van der Waals surface area (Å²) in [5.41, 5.74) is 7.20. The van der Waals surface area contributed by atoms with E-state index in [9.17, 15) is 13.6 Å². The largest absolute Gasteiger partial charge is 0.435 e. The van der Waals surface area contributed by atoms with Gasteiger partial charge in [-0.25, -0.2) is 0 Å². The van der Waals surface area contributed by atoms with Gasteiger partial charge in [-0.15, -0.1) is 12.4 Å². The minimum Gasteiger partial charge on any atom is -0.435 e. The van der Waals surface area contributed by atoms with Crippen LogP contribution < -0.4 is 10.5 Å². The summed E-state index contributed by atoms with van der Waals surface area (Å²) >= 11 is 0. The number of halogens is 3. The Morgan fingerprint density at radius 3 is 2.35 bits per heavy atom. The van der Waals surface area contributed by atoms with Crippen molar-refractivity contribution in [1.29, 1.82) is 0 Å². The van der Waals surface area contributed by atoms with Crippen molar-refractivity contribution in [1.82, 2.24) is 4.90 Å². The molecule has 2 atom stereocenters. The van der Waals surface area contributed by atoms with Gasteiger partial charge >= 0.3 is 6.61 Å². The monoisotopic (exact) mass is 388 g/mol. The van der Waals surface area contributed by atoms with Crippen molar-refractivity contribution < 1.29 is 18.3 Å². The molecule has 1 amide bonds. The van der Waals surface area contributed by atoms with Gasteiger partial charge in [-0.05, 0) is 55.2 Å². The molecule has 0 heterocycles. The zero-order valence-corrected chi connectivity index (χ0v) is 15.8. The summed E-state index contributed by atoms with van der Waals surface area (Å²) in [6, 6.07) is 6.69. The molecule has 1 aromatic carbocycles. The first-order valence-electron chi connectivity index (χ1n) is 8.98. The summed E-state index contributed by atoms with van der Waals surface area (Å²) < 4.78 is 28.7. The topological polar surface area (TPSA) is 55.6 Å². The molecule has 3 rings (SSSR count). The lowest BCUT2D eigenvalue weighted by atomic mass is 9.65. The highest BCUT2D eigenvalue weighted by Gasteiger charge is 2.41. The lowest BCUT2D eigenvalue weighted by molar-refractivity contribution is -0.137. The van der Waals surface area contributed by atoms with Gasteiger partial charge in [0.25, 0.3) is 0 Å². The number of ether oxygens (including phenoxy) is 1. The Morgan fingerprint density at radius 1 is 1.23 bits per heavy atom. The van der Waals surface area contributed by atoms with E-state index < -0.39 is 6.61 Å². The van der Waals surface area contributed by atoms with E-state index in [0.29, 0.717) is 18.4 Å². The van der Waals surface area contributed by atoms with Crippen LogP contribution in [0.25, 0.3) is 0 Å². The Bertz CT molecular complexity index is 586. The number of hydrogen-bond donors (Lipinski definition) is 1. The fourth-order valence-corrected chi connectivity index (χ4v) is 4.43. The third-order valence-corrected chi connectivity index (χ3v) is 5.71. The molecule has 0 aliphatic heterocycles. The molecule has 2 bridgehead atoms. The maximum absolute atomic E-state index is 12.8. The molecular weight excluding hydrogens is 362 g/mol. The van der Waals surface area contributed by atoms with E-state index in [4.69, 9.17) is 5.73 Å². The SMILES string of the molecule is CN(Cc1ccc(OC(F)F)cc1)C(=O)C1CC2CCCC(C1)C2N.Cl. The van der Waals surface area contributed by atoms with Crippen molar-refractivity contribution in [2.24, 2.45) is 23.5 Å². The number of benzene rings is 1. The van der Waals surface area contributed by atoms with Crippen LogP contribution in [0.2, 0.25) is 0 Å². The van der Waals surface area contributed by atoms with Gasteiger partial charge in [-0.2, -0.15) is 8.78 Å². The normalized spacial score (nSPS) is 27.6. The average molecular weight is 389 g/mol. The maximum Gasteiger partial charge on any atom is 0.387 e. The summed E-state index contributed by atoms with van der Waals surface area (Å²) in [4.78, 5) is 14.6. The highest BCUT2D eigenvalue weighted by molar-refractivity contribution is 5.85. The number of carbonyl (C=O) groups excluding carboxylic acids is 1. The van der Waals surface area contributed by atoms with Crippen molar-refractivity contribution in [3.8, 4) is 5.75 Å². The summed E-state index contributed by atoms with van der Waals surface area (Å²) in [6.45, 7) is -2.36. The molecule has 2 unspecified atom stereocenters. The Morgan fingerprint density at radius 2 is 1.81 bits per heavy atom. The molecule has 0 saturated heterocycles. The molecule has 1 aromatic rings. The van der Waals surface area contributed by atoms with E-state index in [1.165, 1.54) is 18.6 Å². The molecule has 0 spiro atoms. The lowest BCUT2D eigenvalue weighted by Gasteiger charge is -2.44. The number of fused-ring (bicyclic) bond motifs is 2. The molecule has 2 fully saturated rings. The number of nitrogens with zero attached hydrogens (tertiary/aromatic N) is 1.